The molecule has 1 aromatic heterocycles. The highest BCUT2D eigenvalue weighted by Gasteiger charge is 2.01. The predicted octanol–water partition coefficient (Wildman–Crippen LogP) is 6.64. The van der Waals surface area contributed by atoms with Gasteiger partial charge in [0.25, 0.3) is 0 Å². The lowest BCUT2D eigenvalue weighted by molar-refractivity contribution is -0.122. The molecule has 2 amide bonds. The lowest BCUT2D eigenvalue weighted by Gasteiger charge is -2.06. The molecule has 0 unspecified atom stereocenters. The molecule has 1 heterocycles. The second kappa shape index (κ2) is 23.3. The van der Waals surface area contributed by atoms with Crippen molar-refractivity contribution in [1.29, 1.82) is 0 Å². The van der Waals surface area contributed by atoms with Crippen molar-refractivity contribution < 1.29 is 9.59 Å². The van der Waals surface area contributed by atoms with E-state index in [1.165, 1.54) is 0 Å². The van der Waals surface area contributed by atoms with Crippen molar-refractivity contribution >= 4 is 17.9 Å². The Morgan fingerprint density at radius 3 is 1.94 bits per heavy atom. The van der Waals surface area contributed by atoms with E-state index in [4.69, 9.17) is 0 Å². The number of amides is 2. The molecule has 0 aromatic carbocycles. The number of unbranched alkanes of at least 4 members (excludes halogenated alkanes) is 1. The van der Waals surface area contributed by atoms with Crippen molar-refractivity contribution in [3.63, 3.8) is 0 Å². The number of aromatic nitrogens is 1. The second-order valence-corrected chi connectivity index (χ2v) is 8.19. The molecule has 0 spiro atoms. The molecule has 0 saturated carbocycles. The largest absolute Gasteiger partial charge is 0.354 e. The summed E-state index contributed by atoms with van der Waals surface area (Å²) in [5.74, 6) is -0.0455. The Morgan fingerprint density at radius 1 is 0.778 bits per heavy atom. The van der Waals surface area contributed by atoms with Crippen molar-refractivity contribution in [2.75, 3.05) is 13.1 Å². The summed E-state index contributed by atoms with van der Waals surface area (Å²) in [6.45, 7) is 3.02. The Kier molecular flexibility index (Phi) is 19.8. The van der Waals surface area contributed by atoms with Gasteiger partial charge in [-0.05, 0) is 56.6 Å². The van der Waals surface area contributed by atoms with Crippen LogP contribution >= 0.6 is 0 Å². The maximum atomic E-state index is 11.9. The number of carbonyl (C=O) groups excluding carboxylic acids is 2. The molecule has 36 heavy (non-hydrogen) atoms. The molecule has 0 aliphatic heterocycles. The molecule has 194 valence electrons. The Balaban J connectivity index is 1.94. The molecular formula is C31H43N3O2. The van der Waals surface area contributed by atoms with E-state index in [0.29, 0.717) is 25.9 Å². The fourth-order valence-corrected chi connectivity index (χ4v) is 3.09. The molecule has 5 heteroatoms. The SMILES string of the molecule is CCC=CCC=CCC=CCC=CCC=CCCCC(=O)NCCNC(=O)C/C=C/c1cccnc1. The van der Waals surface area contributed by atoms with E-state index in [9.17, 15) is 9.59 Å². The maximum Gasteiger partial charge on any atom is 0.223 e. The molecule has 0 saturated heterocycles. The average Bonchev–Trinajstić information content (AvgIpc) is 2.89. The summed E-state index contributed by atoms with van der Waals surface area (Å²) >= 11 is 0. The first kappa shape index (κ1) is 30.6. The van der Waals surface area contributed by atoms with Gasteiger partial charge in [-0.1, -0.05) is 85.9 Å². The van der Waals surface area contributed by atoms with Crippen LogP contribution in [-0.4, -0.2) is 29.9 Å². The molecule has 1 rings (SSSR count). The van der Waals surface area contributed by atoms with Crippen LogP contribution in [-0.2, 0) is 9.59 Å². The third kappa shape index (κ3) is 20.0. The summed E-state index contributed by atoms with van der Waals surface area (Å²) in [7, 11) is 0. The van der Waals surface area contributed by atoms with Crippen LogP contribution < -0.4 is 10.6 Å². The minimum Gasteiger partial charge on any atom is -0.354 e. The van der Waals surface area contributed by atoms with Crippen LogP contribution in [0, 0.1) is 0 Å². The summed E-state index contributed by atoms with van der Waals surface area (Å²) in [4.78, 5) is 27.7. The van der Waals surface area contributed by atoms with E-state index in [1.807, 2.05) is 18.2 Å². The third-order valence-corrected chi connectivity index (χ3v) is 5.00. The Hall–Kier alpha value is -3.47. The number of pyridine rings is 1. The predicted molar refractivity (Wildman–Crippen MR) is 152 cm³/mol. The van der Waals surface area contributed by atoms with Gasteiger partial charge in [0.05, 0.1) is 0 Å². The third-order valence-electron chi connectivity index (χ3n) is 5.00. The van der Waals surface area contributed by atoms with E-state index in [0.717, 1.165) is 50.5 Å². The zero-order valence-electron chi connectivity index (χ0n) is 21.8. The lowest BCUT2D eigenvalue weighted by atomic mass is 10.2. The van der Waals surface area contributed by atoms with E-state index in [-0.39, 0.29) is 11.8 Å². The van der Waals surface area contributed by atoms with Crippen molar-refractivity contribution in [3.05, 3.63) is 96.9 Å². The molecule has 0 bridgehead atoms. The van der Waals surface area contributed by atoms with Gasteiger partial charge in [-0.15, -0.1) is 0 Å². The normalized spacial score (nSPS) is 12.2. The van der Waals surface area contributed by atoms with Gasteiger partial charge in [-0.3, -0.25) is 14.6 Å². The summed E-state index contributed by atoms with van der Waals surface area (Å²) < 4.78 is 0. The summed E-state index contributed by atoms with van der Waals surface area (Å²) in [6.07, 6.45) is 36.4. The van der Waals surface area contributed by atoms with Gasteiger partial charge in [0.1, 0.15) is 0 Å². The smallest absolute Gasteiger partial charge is 0.223 e. The van der Waals surface area contributed by atoms with E-state index in [1.54, 1.807) is 18.5 Å². The minimum absolute atomic E-state index is 0.0214. The average molecular weight is 490 g/mol. The molecular weight excluding hydrogens is 446 g/mol. The van der Waals surface area contributed by atoms with Gasteiger partial charge < -0.3 is 10.6 Å². The van der Waals surface area contributed by atoms with Gasteiger partial charge in [-0.2, -0.15) is 0 Å². The number of nitrogens with zero attached hydrogens (tertiary/aromatic N) is 1. The van der Waals surface area contributed by atoms with Crippen molar-refractivity contribution in [2.24, 2.45) is 0 Å². The first-order valence-corrected chi connectivity index (χ1v) is 13.1. The van der Waals surface area contributed by atoms with Crippen LogP contribution in [0.25, 0.3) is 6.08 Å². The van der Waals surface area contributed by atoms with Crippen molar-refractivity contribution in [3.8, 4) is 0 Å². The quantitative estimate of drug-likeness (QED) is 0.169. The van der Waals surface area contributed by atoms with Gasteiger partial charge in [-0.25, -0.2) is 0 Å². The monoisotopic (exact) mass is 489 g/mol. The van der Waals surface area contributed by atoms with Gasteiger partial charge >= 0.3 is 0 Å². The zero-order valence-corrected chi connectivity index (χ0v) is 21.8. The summed E-state index contributed by atoms with van der Waals surface area (Å²) in [5.41, 5.74) is 0.960. The number of hydrogen-bond donors (Lipinski definition) is 2. The molecule has 0 aliphatic carbocycles. The first-order valence-electron chi connectivity index (χ1n) is 13.1. The standard InChI is InChI=1S/C31H43N3O2/c1-2-3-4-5-6-7-8-9-10-11-12-13-14-15-16-17-18-23-30(35)33-26-27-34-31(36)24-19-21-29-22-20-25-32-28-29/h3-4,6-7,9-10,12-13,15-16,19-22,25,28H,2,5,8,11,14,17-18,23-24,26-27H2,1H3,(H,33,35)(H,34,36)/b4-3?,7-6?,10-9?,13-12?,16-15?,21-19+. The van der Waals surface area contributed by atoms with Gasteiger partial charge in [0, 0.05) is 38.3 Å². The number of rotatable bonds is 19. The number of carbonyl (C=O) groups is 2. The highest BCUT2D eigenvalue weighted by atomic mass is 16.2. The topological polar surface area (TPSA) is 71.1 Å². The first-order chi connectivity index (χ1) is 17.7. The molecule has 5 nitrogen and oxygen atoms in total. The fourth-order valence-electron chi connectivity index (χ4n) is 3.09. The number of allylic oxidation sites excluding steroid dienone is 10. The number of hydrogen-bond acceptors (Lipinski definition) is 3. The molecule has 0 radical (unpaired) electrons. The Morgan fingerprint density at radius 2 is 1.36 bits per heavy atom. The van der Waals surface area contributed by atoms with Crippen LogP contribution in [0.5, 0.6) is 0 Å². The summed E-state index contributed by atoms with van der Waals surface area (Å²) in [6, 6.07) is 3.78. The maximum absolute atomic E-state index is 11.9. The van der Waals surface area contributed by atoms with Crippen LogP contribution in [0.4, 0.5) is 0 Å². The number of nitrogens with one attached hydrogen (secondary N) is 2. The highest BCUT2D eigenvalue weighted by Crippen LogP contribution is 2.00. The van der Waals surface area contributed by atoms with Gasteiger partial charge in [0.2, 0.25) is 11.8 Å². The van der Waals surface area contributed by atoms with Crippen LogP contribution in [0.15, 0.2) is 91.4 Å². The fraction of sp³-hybridized carbons (Fsp3) is 0.387. The highest BCUT2D eigenvalue weighted by molar-refractivity contribution is 5.78. The van der Waals surface area contributed by atoms with Crippen molar-refractivity contribution in [2.45, 2.75) is 64.7 Å². The molecule has 0 fully saturated rings. The van der Waals surface area contributed by atoms with E-state index < -0.39 is 0 Å². The van der Waals surface area contributed by atoms with E-state index in [2.05, 4.69) is 83.3 Å². The lowest BCUT2D eigenvalue weighted by Crippen LogP contribution is -2.34. The van der Waals surface area contributed by atoms with Crippen LogP contribution in [0.1, 0.15) is 70.3 Å². The molecule has 0 aliphatic rings. The van der Waals surface area contributed by atoms with Crippen LogP contribution in [0.3, 0.4) is 0 Å². The summed E-state index contributed by atoms with van der Waals surface area (Å²) in [5, 5.41) is 5.65. The zero-order chi connectivity index (χ0) is 25.9. The Bertz CT molecular complexity index is 880. The Labute approximate surface area is 217 Å². The molecule has 0 atom stereocenters. The molecule has 2 N–H and O–H groups in total. The second-order valence-electron chi connectivity index (χ2n) is 8.19. The van der Waals surface area contributed by atoms with Crippen molar-refractivity contribution in [1.82, 2.24) is 15.6 Å². The van der Waals surface area contributed by atoms with Gasteiger partial charge in [0.15, 0.2) is 0 Å². The molecule has 1 aromatic rings. The minimum atomic E-state index is -0.0669. The van der Waals surface area contributed by atoms with Crippen LogP contribution in [0.2, 0.25) is 0 Å². The van der Waals surface area contributed by atoms with E-state index >= 15 is 0 Å².